The highest BCUT2D eigenvalue weighted by atomic mass is 32.2. The molecule has 2 rings (SSSR count). The number of furan rings is 1. The topological polar surface area (TPSA) is 13.1 Å². The SMILES string of the molecule is C1=CSC(c2ccco2)C=C1. The first kappa shape index (κ1) is 6.80. The van der Waals surface area contributed by atoms with Crippen molar-refractivity contribution in [3.05, 3.63) is 47.8 Å². The lowest BCUT2D eigenvalue weighted by Crippen LogP contribution is -1.86. The van der Waals surface area contributed by atoms with Gasteiger partial charge in [-0.15, -0.1) is 11.8 Å². The Balaban J connectivity index is 2.19. The second kappa shape index (κ2) is 3.01. The number of thioether (sulfide) groups is 1. The third kappa shape index (κ3) is 1.40. The maximum absolute atomic E-state index is 5.27. The van der Waals surface area contributed by atoms with Crippen LogP contribution >= 0.6 is 11.8 Å². The number of hydrogen-bond acceptors (Lipinski definition) is 2. The average Bonchev–Trinajstić information content (AvgIpc) is 2.58. The van der Waals surface area contributed by atoms with Crippen molar-refractivity contribution < 1.29 is 4.42 Å². The van der Waals surface area contributed by atoms with Crippen LogP contribution in [-0.4, -0.2) is 0 Å². The molecule has 1 atom stereocenters. The summed E-state index contributed by atoms with van der Waals surface area (Å²) in [6, 6.07) is 3.92. The lowest BCUT2D eigenvalue weighted by atomic mass is 10.3. The van der Waals surface area contributed by atoms with E-state index in [4.69, 9.17) is 4.42 Å². The summed E-state index contributed by atoms with van der Waals surface area (Å²) in [6.45, 7) is 0. The van der Waals surface area contributed by atoms with Crippen molar-refractivity contribution in [2.24, 2.45) is 0 Å². The van der Waals surface area contributed by atoms with Crippen LogP contribution in [0.1, 0.15) is 11.0 Å². The number of hydrogen-bond donors (Lipinski definition) is 0. The Hall–Kier alpha value is -0.890. The molecular weight excluding hydrogens is 156 g/mol. The molecule has 0 saturated carbocycles. The Labute approximate surface area is 69.8 Å². The standard InChI is InChI=1S/C9H8OS/c1-2-7-11-9(5-1)8-4-3-6-10-8/h1-7,9H. The van der Waals surface area contributed by atoms with Gasteiger partial charge in [0.05, 0.1) is 11.5 Å². The summed E-state index contributed by atoms with van der Waals surface area (Å²) in [5.74, 6) is 1.02. The Morgan fingerprint density at radius 2 is 2.36 bits per heavy atom. The van der Waals surface area contributed by atoms with Crippen LogP contribution in [0.5, 0.6) is 0 Å². The highest BCUT2D eigenvalue weighted by Gasteiger charge is 2.10. The summed E-state index contributed by atoms with van der Waals surface area (Å²) >= 11 is 1.76. The van der Waals surface area contributed by atoms with Gasteiger partial charge in [-0.05, 0) is 17.5 Å². The fourth-order valence-corrected chi connectivity index (χ4v) is 1.80. The van der Waals surface area contributed by atoms with E-state index in [9.17, 15) is 0 Å². The molecule has 0 bridgehead atoms. The monoisotopic (exact) mass is 164 g/mol. The van der Waals surface area contributed by atoms with Crippen molar-refractivity contribution in [1.82, 2.24) is 0 Å². The molecule has 0 aromatic carbocycles. The molecule has 1 aliphatic rings. The molecule has 1 aliphatic heterocycles. The van der Waals surface area contributed by atoms with Crippen LogP contribution in [0.4, 0.5) is 0 Å². The van der Waals surface area contributed by atoms with Gasteiger partial charge in [-0.2, -0.15) is 0 Å². The van der Waals surface area contributed by atoms with E-state index in [2.05, 4.69) is 11.5 Å². The summed E-state index contributed by atoms with van der Waals surface area (Å²) in [5.41, 5.74) is 0. The molecule has 56 valence electrons. The van der Waals surface area contributed by atoms with Gasteiger partial charge in [0.25, 0.3) is 0 Å². The van der Waals surface area contributed by atoms with Gasteiger partial charge < -0.3 is 4.42 Å². The number of allylic oxidation sites excluding steroid dienone is 2. The van der Waals surface area contributed by atoms with Crippen molar-refractivity contribution >= 4 is 11.8 Å². The molecule has 1 aromatic heterocycles. The summed E-state index contributed by atoms with van der Waals surface area (Å²) in [6.07, 6.45) is 7.92. The van der Waals surface area contributed by atoms with Crippen molar-refractivity contribution in [2.45, 2.75) is 5.25 Å². The molecule has 1 nitrogen and oxygen atoms in total. The summed E-state index contributed by atoms with van der Waals surface area (Å²) in [4.78, 5) is 0. The minimum atomic E-state index is 0.370. The molecule has 0 spiro atoms. The lowest BCUT2D eigenvalue weighted by Gasteiger charge is -2.07. The Morgan fingerprint density at radius 3 is 3.00 bits per heavy atom. The van der Waals surface area contributed by atoms with Gasteiger partial charge in [-0.3, -0.25) is 0 Å². The zero-order valence-corrected chi connectivity index (χ0v) is 6.75. The van der Waals surface area contributed by atoms with Crippen LogP contribution in [0.15, 0.2) is 46.4 Å². The van der Waals surface area contributed by atoms with E-state index in [1.165, 1.54) is 0 Å². The first-order valence-electron chi connectivity index (χ1n) is 3.49. The molecule has 0 radical (unpaired) electrons. The van der Waals surface area contributed by atoms with Crippen LogP contribution in [0.25, 0.3) is 0 Å². The molecular formula is C9H8OS. The van der Waals surface area contributed by atoms with E-state index in [1.54, 1.807) is 18.0 Å². The molecule has 1 unspecified atom stereocenters. The molecule has 0 amide bonds. The normalized spacial score (nSPS) is 22.4. The van der Waals surface area contributed by atoms with E-state index in [0.717, 1.165) is 5.76 Å². The largest absolute Gasteiger partial charge is 0.468 e. The molecule has 0 aliphatic carbocycles. The van der Waals surface area contributed by atoms with E-state index in [1.807, 2.05) is 24.3 Å². The van der Waals surface area contributed by atoms with E-state index in [0.29, 0.717) is 5.25 Å². The van der Waals surface area contributed by atoms with Crippen LogP contribution < -0.4 is 0 Å². The van der Waals surface area contributed by atoms with Gasteiger partial charge in [0.1, 0.15) is 5.76 Å². The fourth-order valence-electron chi connectivity index (χ4n) is 1.00. The first-order chi connectivity index (χ1) is 5.47. The van der Waals surface area contributed by atoms with Crippen LogP contribution in [0, 0.1) is 0 Å². The third-order valence-electron chi connectivity index (χ3n) is 1.52. The molecule has 2 heteroatoms. The quantitative estimate of drug-likeness (QED) is 0.632. The second-order valence-electron chi connectivity index (χ2n) is 2.29. The molecule has 0 saturated heterocycles. The maximum atomic E-state index is 5.27. The Bertz CT molecular complexity index is 272. The zero-order chi connectivity index (χ0) is 7.52. The predicted octanol–water partition coefficient (Wildman–Crippen LogP) is 3.14. The van der Waals surface area contributed by atoms with Gasteiger partial charge in [-0.25, -0.2) is 0 Å². The predicted molar refractivity (Wildman–Crippen MR) is 47.3 cm³/mol. The van der Waals surface area contributed by atoms with Gasteiger partial charge in [0.2, 0.25) is 0 Å². The lowest BCUT2D eigenvalue weighted by molar-refractivity contribution is 0.520. The van der Waals surface area contributed by atoms with Gasteiger partial charge in [-0.1, -0.05) is 18.2 Å². The maximum Gasteiger partial charge on any atom is 0.120 e. The third-order valence-corrected chi connectivity index (χ3v) is 2.52. The Kier molecular flexibility index (Phi) is 1.86. The molecule has 2 heterocycles. The van der Waals surface area contributed by atoms with Crippen LogP contribution in [0.2, 0.25) is 0 Å². The van der Waals surface area contributed by atoms with Crippen molar-refractivity contribution in [1.29, 1.82) is 0 Å². The van der Waals surface area contributed by atoms with Crippen molar-refractivity contribution in [2.75, 3.05) is 0 Å². The van der Waals surface area contributed by atoms with Crippen molar-refractivity contribution in [3.8, 4) is 0 Å². The molecule has 0 N–H and O–H groups in total. The average molecular weight is 164 g/mol. The molecule has 0 fully saturated rings. The Morgan fingerprint density at radius 1 is 1.36 bits per heavy atom. The summed E-state index contributed by atoms with van der Waals surface area (Å²) in [5, 5.41) is 2.45. The first-order valence-corrected chi connectivity index (χ1v) is 4.43. The summed E-state index contributed by atoms with van der Waals surface area (Å²) < 4.78 is 5.27. The van der Waals surface area contributed by atoms with Crippen molar-refractivity contribution in [3.63, 3.8) is 0 Å². The van der Waals surface area contributed by atoms with Gasteiger partial charge in [0.15, 0.2) is 0 Å². The van der Waals surface area contributed by atoms with E-state index < -0.39 is 0 Å². The minimum Gasteiger partial charge on any atom is -0.468 e. The smallest absolute Gasteiger partial charge is 0.120 e. The summed E-state index contributed by atoms with van der Waals surface area (Å²) in [7, 11) is 0. The van der Waals surface area contributed by atoms with E-state index >= 15 is 0 Å². The van der Waals surface area contributed by atoms with E-state index in [-0.39, 0.29) is 0 Å². The second-order valence-corrected chi connectivity index (χ2v) is 3.34. The van der Waals surface area contributed by atoms with Crippen LogP contribution in [0.3, 0.4) is 0 Å². The van der Waals surface area contributed by atoms with Gasteiger partial charge in [0, 0.05) is 0 Å². The number of rotatable bonds is 1. The zero-order valence-electron chi connectivity index (χ0n) is 5.94. The fraction of sp³-hybridized carbons (Fsp3) is 0.111. The minimum absolute atomic E-state index is 0.370. The van der Waals surface area contributed by atoms with Crippen LogP contribution in [-0.2, 0) is 0 Å². The molecule has 11 heavy (non-hydrogen) atoms. The highest BCUT2D eigenvalue weighted by Crippen LogP contribution is 2.33. The van der Waals surface area contributed by atoms with Gasteiger partial charge >= 0.3 is 0 Å². The highest BCUT2D eigenvalue weighted by molar-refractivity contribution is 8.02. The molecule has 1 aromatic rings.